The van der Waals surface area contributed by atoms with Crippen LogP contribution in [0.5, 0.6) is 5.75 Å². The average Bonchev–Trinajstić information content (AvgIpc) is 2.45. The van der Waals surface area contributed by atoms with Gasteiger partial charge in [0, 0.05) is 0 Å². The first kappa shape index (κ1) is 16.5. The van der Waals surface area contributed by atoms with Gasteiger partial charge in [0.15, 0.2) is 0 Å². The van der Waals surface area contributed by atoms with E-state index in [2.05, 4.69) is 0 Å². The van der Waals surface area contributed by atoms with E-state index >= 15 is 0 Å². The fourth-order valence-corrected chi connectivity index (χ4v) is 1.81. The summed E-state index contributed by atoms with van der Waals surface area (Å²) < 4.78 is 10.5. The third kappa shape index (κ3) is 3.97. The molecule has 0 aliphatic carbocycles. The predicted octanol–water partition coefficient (Wildman–Crippen LogP) is 3.10. The number of aliphatic hydroxyl groups is 1. The second kappa shape index (κ2) is 7.29. The lowest BCUT2D eigenvalue weighted by atomic mass is 9.82. The van der Waals surface area contributed by atoms with Gasteiger partial charge in [-0.05, 0) is 44.9 Å². The second-order valence-corrected chi connectivity index (χ2v) is 5.26. The highest BCUT2D eigenvalue weighted by atomic mass is 16.5. The Balaban J connectivity index is 2.80. The molecule has 0 fully saturated rings. The van der Waals surface area contributed by atoms with Crippen LogP contribution in [0, 0.1) is 5.41 Å². The van der Waals surface area contributed by atoms with Gasteiger partial charge in [-0.25, -0.2) is 0 Å². The van der Waals surface area contributed by atoms with Crippen molar-refractivity contribution in [3.8, 4) is 5.75 Å². The van der Waals surface area contributed by atoms with Crippen LogP contribution in [0.25, 0.3) is 0 Å². The second-order valence-electron chi connectivity index (χ2n) is 5.26. The molecule has 0 amide bonds. The third-order valence-corrected chi connectivity index (χ3v) is 3.15. The topological polar surface area (TPSA) is 55.8 Å². The summed E-state index contributed by atoms with van der Waals surface area (Å²) in [5, 5.41) is 10.4. The first-order chi connectivity index (χ1) is 9.43. The quantitative estimate of drug-likeness (QED) is 0.780. The molecule has 0 saturated carbocycles. The van der Waals surface area contributed by atoms with Crippen LogP contribution in [0.15, 0.2) is 24.3 Å². The molecule has 4 nitrogen and oxygen atoms in total. The van der Waals surface area contributed by atoms with Gasteiger partial charge in [0.05, 0.1) is 24.7 Å². The van der Waals surface area contributed by atoms with E-state index in [9.17, 15) is 9.90 Å². The van der Waals surface area contributed by atoms with Crippen molar-refractivity contribution >= 4 is 5.97 Å². The lowest BCUT2D eigenvalue weighted by molar-refractivity contribution is -0.160. The summed E-state index contributed by atoms with van der Waals surface area (Å²) in [5.74, 6) is 0.357. The number of hydrogen-bond donors (Lipinski definition) is 1. The summed E-state index contributed by atoms with van der Waals surface area (Å²) in [6.07, 6.45) is 0.0297. The molecule has 1 unspecified atom stereocenters. The Labute approximate surface area is 120 Å². The summed E-state index contributed by atoms with van der Waals surface area (Å²) in [6, 6.07) is 7.15. The van der Waals surface area contributed by atoms with Crippen molar-refractivity contribution in [3.63, 3.8) is 0 Å². The van der Waals surface area contributed by atoms with Gasteiger partial charge in [-0.3, -0.25) is 4.79 Å². The number of rotatable bonds is 7. The first-order valence-corrected chi connectivity index (χ1v) is 7.01. The van der Waals surface area contributed by atoms with Crippen molar-refractivity contribution in [1.29, 1.82) is 0 Å². The maximum absolute atomic E-state index is 11.9. The van der Waals surface area contributed by atoms with Gasteiger partial charge in [0.1, 0.15) is 5.75 Å². The highest BCUT2D eigenvalue weighted by Crippen LogP contribution is 2.35. The van der Waals surface area contributed by atoms with Crippen molar-refractivity contribution in [1.82, 2.24) is 0 Å². The van der Waals surface area contributed by atoms with Gasteiger partial charge >= 0.3 is 5.97 Å². The molecule has 0 saturated heterocycles. The molecule has 20 heavy (non-hydrogen) atoms. The van der Waals surface area contributed by atoms with Crippen molar-refractivity contribution in [2.45, 2.75) is 40.2 Å². The third-order valence-electron chi connectivity index (χ3n) is 3.15. The lowest BCUT2D eigenvalue weighted by Crippen LogP contribution is -2.33. The highest BCUT2D eigenvalue weighted by Gasteiger charge is 2.38. The molecule has 1 atom stereocenters. The van der Waals surface area contributed by atoms with Crippen LogP contribution >= 0.6 is 0 Å². The molecule has 0 heterocycles. The number of carbonyl (C=O) groups is 1. The summed E-state index contributed by atoms with van der Waals surface area (Å²) in [6.45, 7) is 8.11. The molecule has 0 bridgehead atoms. The van der Waals surface area contributed by atoms with Crippen molar-refractivity contribution in [3.05, 3.63) is 29.8 Å². The molecule has 1 aromatic carbocycles. The molecule has 112 valence electrons. The van der Waals surface area contributed by atoms with Gasteiger partial charge in [0.2, 0.25) is 0 Å². The van der Waals surface area contributed by atoms with Crippen LogP contribution in [0.1, 0.15) is 45.8 Å². The van der Waals surface area contributed by atoms with Crippen molar-refractivity contribution in [2.24, 2.45) is 5.41 Å². The van der Waals surface area contributed by atoms with E-state index in [0.29, 0.717) is 18.8 Å². The molecule has 4 heteroatoms. The zero-order valence-corrected chi connectivity index (χ0v) is 12.7. The predicted molar refractivity (Wildman–Crippen MR) is 77.6 cm³/mol. The van der Waals surface area contributed by atoms with E-state index in [0.717, 1.165) is 12.2 Å². The van der Waals surface area contributed by atoms with E-state index in [-0.39, 0.29) is 0 Å². The SMILES string of the molecule is CCCOc1ccc(C(O)C(C)(C)C(=O)OCC)cc1. The van der Waals surface area contributed by atoms with Crippen molar-refractivity contribution in [2.75, 3.05) is 13.2 Å². The Bertz CT molecular complexity index is 423. The maximum atomic E-state index is 11.9. The molecule has 0 spiro atoms. The number of carbonyl (C=O) groups excluding carboxylic acids is 1. The largest absolute Gasteiger partial charge is 0.494 e. The van der Waals surface area contributed by atoms with E-state index < -0.39 is 17.5 Å². The fourth-order valence-electron chi connectivity index (χ4n) is 1.81. The zero-order chi connectivity index (χ0) is 15.2. The number of hydrogen-bond acceptors (Lipinski definition) is 4. The summed E-state index contributed by atoms with van der Waals surface area (Å²) in [7, 11) is 0. The van der Waals surface area contributed by atoms with Crippen molar-refractivity contribution < 1.29 is 19.4 Å². The van der Waals surface area contributed by atoms with E-state index in [1.807, 2.05) is 6.92 Å². The lowest BCUT2D eigenvalue weighted by Gasteiger charge is -2.28. The minimum Gasteiger partial charge on any atom is -0.494 e. The van der Waals surface area contributed by atoms with Gasteiger partial charge in [-0.15, -0.1) is 0 Å². The molecular formula is C16H24O4. The minimum absolute atomic E-state index is 0.304. The first-order valence-electron chi connectivity index (χ1n) is 7.01. The average molecular weight is 280 g/mol. The smallest absolute Gasteiger partial charge is 0.314 e. The molecule has 1 aromatic rings. The Morgan fingerprint density at radius 2 is 1.85 bits per heavy atom. The van der Waals surface area contributed by atoms with Gasteiger partial charge in [0.25, 0.3) is 0 Å². The minimum atomic E-state index is -0.984. The Morgan fingerprint density at radius 3 is 2.35 bits per heavy atom. The summed E-state index contributed by atoms with van der Waals surface area (Å²) in [4.78, 5) is 11.9. The summed E-state index contributed by atoms with van der Waals surface area (Å²) in [5.41, 5.74) is -0.311. The normalized spacial score (nSPS) is 12.8. The molecule has 0 aliphatic rings. The highest BCUT2D eigenvalue weighted by molar-refractivity contribution is 5.77. The van der Waals surface area contributed by atoms with E-state index in [1.165, 1.54) is 0 Å². The van der Waals surface area contributed by atoms with Gasteiger partial charge in [-0.2, -0.15) is 0 Å². The van der Waals surface area contributed by atoms with E-state index in [1.54, 1.807) is 45.0 Å². The van der Waals surface area contributed by atoms with Crippen LogP contribution in [0.3, 0.4) is 0 Å². The van der Waals surface area contributed by atoms with Crippen LogP contribution in [0.2, 0.25) is 0 Å². The Morgan fingerprint density at radius 1 is 1.25 bits per heavy atom. The van der Waals surface area contributed by atoms with Crippen LogP contribution < -0.4 is 4.74 Å². The van der Waals surface area contributed by atoms with E-state index in [4.69, 9.17) is 9.47 Å². The molecule has 0 aliphatic heterocycles. The number of aliphatic hydroxyl groups excluding tert-OH is 1. The van der Waals surface area contributed by atoms with Crippen LogP contribution in [-0.2, 0) is 9.53 Å². The molecule has 1 rings (SSSR count). The zero-order valence-electron chi connectivity index (χ0n) is 12.7. The molecule has 0 radical (unpaired) electrons. The molecular weight excluding hydrogens is 256 g/mol. The van der Waals surface area contributed by atoms with Crippen LogP contribution in [-0.4, -0.2) is 24.3 Å². The number of esters is 1. The van der Waals surface area contributed by atoms with Gasteiger partial charge in [-0.1, -0.05) is 19.1 Å². The number of ether oxygens (including phenoxy) is 2. The standard InChI is InChI=1S/C16H24O4/c1-5-11-20-13-9-7-12(8-10-13)14(17)16(3,4)15(18)19-6-2/h7-10,14,17H,5-6,11H2,1-4H3. The Hall–Kier alpha value is -1.55. The summed E-state index contributed by atoms with van der Waals surface area (Å²) >= 11 is 0. The monoisotopic (exact) mass is 280 g/mol. The van der Waals surface area contributed by atoms with Crippen LogP contribution in [0.4, 0.5) is 0 Å². The molecule has 1 N–H and O–H groups in total. The Kier molecular flexibility index (Phi) is 6.02. The van der Waals surface area contributed by atoms with Gasteiger partial charge < -0.3 is 14.6 Å². The molecule has 0 aromatic heterocycles. The maximum Gasteiger partial charge on any atom is 0.314 e. The fraction of sp³-hybridized carbons (Fsp3) is 0.562. The number of benzene rings is 1.